The third-order valence-corrected chi connectivity index (χ3v) is 2.40. The second kappa shape index (κ2) is 4.93. The van der Waals surface area contributed by atoms with Crippen molar-refractivity contribution in [2.24, 2.45) is 0 Å². The number of esters is 1. The van der Waals surface area contributed by atoms with Crippen molar-refractivity contribution in [3.63, 3.8) is 0 Å². The van der Waals surface area contributed by atoms with E-state index in [4.69, 9.17) is 4.74 Å². The Kier molecular flexibility index (Phi) is 3.80. The molecular weight excluding hydrogens is 172 g/mol. The number of hydrogen-bond acceptors (Lipinski definition) is 3. The highest BCUT2D eigenvalue weighted by Crippen LogP contribution is 2.10. The van der Waals surface area contributed by atoms with E-state index in [2.05, 4.69) is 0 Å². The second-order valence-corrected chi connectivity index (χ2v) is 3.42. The van der Waals surface area contributed by atoms with Crippen LogP contribution in [0.15, 0.2) is 17.5 Å². The summed E-state index contributed by atoms with van der Waals surface area (Å²) in [5, 5.41) is 2.01. The predicted molar refractivity (Wildman–Crippen MR) is 49.3 cm³/mol. The molecule has 0 radical (unpaired) electrons. The summed E-state index contributed by atoms with van der Waals surface area (Å²) >= 11 is 1.68. The number of hydrogen-bond donors (Lipinski definition) is 0. The van der Waals surface area contributed by atoms with Gasteiger partial charge in [0.2, 0.25) is 0 Å². The molecule has 0 bridgehead atoms. The highest BCUT2D eigenvalue weighted by molar-refractivity contribution is 7.09. The normalized spacial score (nSPS) is 9.75. The van der Waals surface area contributed by atoms with E-state index >= 15 is 0 Å². The smallest absolute Gasteiger partial charge is 0.306 e. The number of rotatable bonds is 4. The first-order chi connectivity index (χ1) is 5.83. The SMILES string of the molecule is CCOC(=O)CCc1cccs1. The molecule has 1 aromatic rings. The third-order valence-electron chi connectivity index (χ3n) is 1.46. The van der Waals surface area contributed by atoms with Crippen molar-refractivity contribution in [3.05, 3.63) is 22.4 Å². The topological polar surface area (TPSA) is 26.3 Å². The van der Waals surface area contributed by atoms with E-state index in [0.29, 0.717) is 13.0 Å². The average Bonchev–Trinajstić information content (AvgIpc) is 2.53. The largest absolute Gasteiger partial charge is 0.466 e. The van der Waals surface area contributed by atoms with Gasteiger partial charge in [-0.25, -0.2) is 0 Å². The van der Waals surface area contributed by atoms with Gasteiger partial charge in [0.1, 0.15) is 0 Å². The van der Waals surface area contributed by atoms with Crippen LogP contribution in [0, 0.1) is 0 Å². The fraction of sp³-hybridized carbons (Fsp3) is 0.444. The molecule has 0 fully saturated rings. The van der Waals surface area contributed by atoms with Crippen molar-refractivity contribution in [1.29, 1.82) is 0 Å². The summed E-state index contributed by atoms with van der Waals surface area (Å²) < 4.78 is 4.81. The van der Waals surface area contributed by atoms with Crippen molar-refractivity contribution in [2.75, 3.05) is 6.61 Å². The first kappa shape index (κ1) is 9.26. The van der Waals surface area contributed by atoms with E-state index in [0.717, 1.165) is 6.42 Å². The molecule has 12 heavy (non-hydrogen) atoms. The number of aryl methyl sites for hydroxylation is 1. The molecule has 0 aromatic carbocycles. The van der Waals surface area contributed by atoms with Crippen molar-refractivity contribution >= 4 is 17.3 Å². The van der Waals surface area contributed by atoms with Gasteiger partial charge in [0.25, 0.3) is 0 Å². The Morgan fingerprint density at radius 3 is 3.08 bits per heavy atom. The van der Waals surface area contributed by atoms with Gasteiger partial charge < -0.3 is 4.74 Å². The molecule has 0 aliphatic heterocycles. The third kappa shape index (κ3) is 3.05. The molecule has 0 saturated carbocycles. The lowest BCUT2D eigenvalue weighted by Crippen LogP contribution is -2.04. The van der Waals surface area contributed by atoms with E-state index in [1.54, 1.807) is 11.3 Å². The summed E-state index contributed by atoms with van der Waals surface area (Å²) in [6.07, 6.45) is 1.30. The van der Waals surface area contributed by atoms with Crippen LogP contribution in [0.4, 0.5) is 0 Å². The standard InChI is InChI=1S/C9H12O2S/c1-2-11-9(10)6-5-8-4-3-7-12-8/h3-4,7H,2,5-6H2,1H3. The minimum Gasteiger partial charge on any atom is -0.466 e. The molecule has 1 rings (SSSR count). The molecule has 0 unspecified atom stereocenters. The summed E-state index contributed by atoms with van der Waals surface area (Å²) in [5.74, 6) is -0.106. The summed E-state index contributed by atoms with van der Waals surface area (Å²) in [4.78, 5) is 12.2. The lowest BCUT2D eigenvalue weighted by molar-refractivity contribution is -0.143. The molecule has 0 atom stereocenters. The van der Waals surface area contributed by atoms with Crippen LogP contribution in [0.2, 0.25) is 0 Å². The molecule has 0 N–H and O–H groups in total. The van der Waals surface area contributed by atoms with Gasteiger partial charge in [0, 0.05) is 4.88 Å². The van der Waals surface area contributed by atoms with E-state index in [1.165, 1.54) is 4.88 Å². The van der Waals surface area contributed by atoms with E-state index in [1.807, 2.05) is 24.4 Å². The van der Waals surface area contributed by atoms with Crippen LogP contribution in [-0.4, -0.2) is 12.6 Å². The number of ether oxygens (including phenoxy) is 1. The van der Waals surface area contributed by atoms with Crippen LogP contribution in [0.3, 0.4) is 0 Å². The molecule has 0 aliphatic carbocycles. The molecule has 0 spiro atoms. The van der Waals surface area contributed by atoms with Crippen LogP contribution in [-0.2, 0) is 16.0 Å². The Hall–Kier alpha value is -0.830. The number of carbonyl (C=O) groups is 1. The van der Waals surface area contributed by atoms with Crippen molar-refractivity contribution in [2.45, 2.75) is 19.8 Å². The van der Waals surface area contributed by atoms with Crippen molar-refractivity contribution in [1.82, 2.24) is 0 Å². The zero-order valence-electron chi connectivity index (χ0n) is 7.08. The molecule has 0 amide bonds. The maximum atomic E-state index is 10.9. The van der Waals surface area contributed by atoms with Crippen LogP contribution in [0.1, 0.15) is 18.2 Å². The highest BCUT2D eigenvalue weighted by atomic mass is 32.1. The van der Waals surface area contributed by atoms with E-state index < -0.39 is 0 Å². The van der Waals surface area contributed by atoms with Gasteiger partial charge in [-0.1, -0.05) is 6.07 Å². The molecular formula is C9H12O2S. The maximum Gasteiger partial charge on any atom is 0.306 e. The summed E-state index contributed by atoms with van der Waals surface area (Å²) in [6.45, 7) is 2.30. The zero-order chi connectivity index (χ0) is 8.81. The number of carbonyl (C=O) groups excluding carboxylic acids is 1. The van der Waals surface area contributed by atoms with Gasteiger partial charge in [-0.05, 0) is 24.8 Å². The van der Waals surface area contributed by atoms with Gasteiger partial charge >= 0.3 is 5.97 Å². The minimum absolute atomic E-state index is 0.106. The lowest BCUT2D eigenvalue weighted by Gasteiger charge is -1.99. The zero-order valence-corrected chi connectivity index (χ0v) is 7.89. The Balaban J connectivity index is 2.22. The molecule has 0 aliphatic rings. The predicted octanol–water partition coefficient (Wildman–Crippen LogP) is 2.24. The first-order valence-electron chi connectivity index (χ1n) is 4.01. The molecule has 1 aromatic heterocycles. The van der Waals surface area contributed by atoms with Crippen LogP contribution >= 0.6 is 11.3 Å². The first-order valence-corrected chi connectivity index (χ1v) is 4.89. The molecule has 0 saturated heterocycles. The van der Waals surface area contributed by atoms with Gasteiger partial charge in [-0.15, -0.1) is 11.3 Å². The van der Waals surface area contributed by atoms with Gasteiger partial charge in [0.05, 0.1) is 13.0 Å². The van der Waals surface area contributed by atoms with E-state index in [9.17, 15) is 4.79 Å². The monoisotopic (exact) mass is 184 g/mol. The number of thiophene rings is 1. The van der Waals surface area contributed by atoms with Gasteiger partial charge in [0.15, 0.2) is 0 Å². The van der Waals surface area contributed by atoms with E-state index in [-0.39, 0.29) is 5.97 Å². The Labute approximate surface area is 76.2 Å². The van der Waals surface area contributed by atoms with Crippen LogP contribution in [0.5, 0.6) is 0 Å². The van der Waals surface area contributed by atoms with Gasteiger partial charge in [-0.2, -0.15) is 0 Å². The maximum absolute atomic E-state index is 10.9. The molecule has 1 heterocycles. The Bertz CT molecular complexity index is 229. The summed E-state index contributed by atoms with van der Waals surface area (Å²) in [6, 6.07) is 4.02. The Morgan fingerprint density at radius 1 is 1.67 bits per heavy atom. The second-order valence-electron chi connectivity index (χ2n) is 2.38. The van der Waals surface area contributed by atoms with Crippen LogP contribution < -0.4 is 0 Å². The molecule has 66 valence electrons. The fourth-order valence-electron chi connectivity index (χ4n) is 0.913. The summed E-state index contributed by atoms with van der Waals surface area (Å²) in [7, 11) is 0. The molecule has 3 heteroatoms. The minimum atomic E-state index is -0.106. The quantitative estimate of drug-likeness (QED) is 0.671. The molecule has 2 nitrogen and oxygen atoms in total. The van der Waals surface area contributed by atoms with Crippen LogP contribution in [0.25, 0.3) is 0 Å². The van der Waals surface area contributed by atoms with Crippen molar-refractivity contribution in [3.8, 4) is 0 Å². The van der Waals surface area contributed by atoms with Gasteiger partial charge in [-0.3, -0.25) is 4.79 Å². The fourth-order valence-corrected chi connectivity index (χ4v) is 1.62. The average molecular weight is 184 g/mol. The highest BCUT2D eigenvalue weighted by Gasteiger charge is 2.02. The summed E-state index contributed by atoms with van der Waals surface area (Å²) in [5.41, 5.74) is 0. The van der Waals surface area contributed by atoms with Crippen molar-refractivity contribution < 1.29 is 9.53 Å². The Morgan fingerprint density at radius 2 is 2.50 bits per heavy atom. The lowest BCUT2D eigenvalue weighted by atomic mass is 10.3.